The quantitative estimate of drug-likeness (QED) is 0.211. The molecule has 170 valence electrons. The van der Waals surface area contributed by atoms with E-state index in [0.717, 1.165) is 16.8 Å². The Hall–Kier alpha value is -4.44. The fourth-order valence-electron chi connectivity index (χ4n) is 3.65. The standard InChI is InChI=1S/C24H21N7O2S/c25-24(26)17-6-8-18(9-7-17)28-13-20-15-31-14-19(10-11-22(31)29-20)30-34(32,33)21-5-1-3-16-4-2-12-27-23(16)21/h1-12,14-15,28,30H,13H2,(H3,25,26). The fraction of sp³-hybridized carbons (Fsp3) is 0.0417. The van der Waals surface area contributed by atoms with Crippen LogP contribution in [0.2, 0.25) is 0 Å². The maximum atomic E-state index is 13.1. The number of rotatable bonds is 7. The molecule has 0 aliphatic carbocycles. The highest BCUT2D eigenvalue weighted by Gasteiger charge is 2.18. The number of nitrogens with zero attached hydrogens (tertiary/aromatic N) is 3. The maximum Gasteiger partial charge on any atom is 0.264 e. The van der Waals surface area contributed by atoms with Crippen molar-refractivity contribution < 1.29 is 8.42 Å². The number of pyridine rings is 2. The number of amidine groups is 1. The van der Waals surface area contributed by atoms with Gasteiger partial charge in [0.2, 0.25) is 0 Å². The van der Waals surface area contributed by atoms with Crippen LogP contribution in [0.3, 0.4) is 0 Å². The van der Waals surface area contributed by atoms with Gasteiger partial charge in [0.1, 0.15) is 16.4 Å². The van der Waals surface area contributed by atoms with E-state index in [1.165, 1.54) is 0 Å². The van der Waals surface area contributed by atoms with Gasteiger partial charge in [-0.25, -0.2) is 13.4 Å². The number of para-hydroxylation sites is 1. The van der Waals surface area contributed by atoms with Crippen molar-refractivity contribution in [3.05, 3.63) is 96.6 Å². The van der Waals surface area contributed by atoms with Gasteiger partial charge in [0, 0.05) is 35.2 Å². The van der Waals surface area contributed by atoms with Crippen molar-refractivity contribution in [3.8, 4) is 0 Å². The van der Waals surface area contributed by atoms with Crippen LogP contribution in [0.15, 0.2) is 90.2 Å². The second-order valence-corrected chi connectivity index (χ2v) is 9.35. The van der Waals surface area contributed by atoms with E-state index in [1.54, 1.807) is 59.3 Å². The molecular weight excluding hydrogens is 450 g/mol. The largest absolute Gasteiger partial charge is 0.384 e. The third kappa shape index (κ3) is 4.26. The zero-order chi connectivity index (χ0) is 23.7. The van der Waals surface area contributed by atoms with Crippen molar-refractivity contribution in [1.29, 1.82) is 5.41 Å². The smallest absolute Gasteiger partial charge is 0.264 e. The maximum absolute atomic E-state index is 13.1. The van der Waals surface area contributed by atoms with Crippen LogP contribution in [0.25, 0.3) is 16.6 Å². The average molecular weight is 472 g/mol. The van der Waals surface area contributed by atoms with Crippen LogP contribution in [0.1, 0.15) is 11.3 Å². The summed E-state index contributed by atoms with van der Waals surface area (Å²) in [6, 6.07) is 19.3. The first-order valence-electron chi connectivity index (χ1n) is 10.4. The predicted molar refractivity (Wildman–Crippen MR) is 133 cm³/mol. The van der Waals surface area contributed by atoms with Gasteiger partial charge in [-0.05, 0) is 48.5 Å². The van der Waals surface area contributed by atoms with Crippen LogP contribution in [-0.2, 0) is 16.6 Å². The molecule has 0 aliphatic rings. The third-order valence-corrected chi connectivity index (χ3v) is 6.72. The molecule has 0 saturated carbocycles. The Morgan fingerprint density at radius 3 is 2.53 bits per heavy atom. The molecule has 0 fully saturated rings. The minimum atomic E-state index is -3.84. The number of aromatic nitrogens is 3. The van der Waals surface area contributed by atoms with Crippen molar-refractivity contribution in [2.24, 2.45) is 5.73 Å². The summed E-state index contributed by atoms with van der Waals surface area (Å²) in [6.45, 7) is 0.476. The molecule has 0 unspecified atom stereocenters. The predicted octanol–water partition coefficient (Wildman–Crippen LogP) is 3.58. The molecule has 0 saturated heterocycles. The van der Waals surface area contributed by atoms with Crippen LogP contribution >= 0.6 is 0 Å². The molecule has 0 atom stereocenters. The molecule has 0 amide bonds. The van der Waals surface area contributed by atoms with E-state index in [2.05, 4.69) is 20.0 Å². The first-order valence-corrected chi connectivity index (χ1v) is 11.9. The zero-order valence-electron chi connectivity index (χ0n) is 17.9. The van der Waals surface area contributed by atoms with E-state index in [1.807, 2.05) is 30.5 Å². The molecule has 0 aliphatic heterocycles. The van der Waals surface area contributed by atoms with Crippen molar-refractivity contribution in [1.82, 2.24) is 14.4 Å². The molecule has 5 aromatic rings. The van der Waals surface area contributed by atoms with E-state index < -0.39 is 10.0 Å². The van der Waals surface area contributed by atoms with E-state index in [9.17, 15) is 8.42 Å². The highest BCUT2D eigenvalue weighted by Crippen LogP contribution is 2.23. The van der Waals surface area contributed by atoms with Gasteiger partial charge in [0.15, 0.2) is 0 Å². The van der Waals surface area contributed by atoms with Gasteiger partial charge in [-0.15, -0.1) is 0 Å². The summed E-state index contributed by atoms with van der Waals surface area (Å²) in [5.74, 6) is 0.0232. The van der Waals surface area contributed by atoms with Gasteiger partial charge < -0.3 is 15.5 Å². The highest BCUT2D eigenvalue weighted by molar-refractivity contribution is 7.93. The van der Waals surface area contributed by atoms with E-state index >= 15 is 0 Å². The summed E-state index contributed by atoms with van der Waals surface area (Å²) < 4.78 is 30.6. The summed E-state index contributed by atoms with van der Waals surface area (Å²) >= 11 is 0. The molecule has 0 bridgehead atoms. The van der Waals surface area contributed by atoms with Gasteiger partial charge in [-0.3, -0.25) is 15.1 Å². The summed E-state index contributed by atoms with van der Waals surface area (Å²) in [7, 11) is -3.84. The summed E-state index contributed by atoms with van der Waals surface area (Å²) in [5, 5.41) is 11.5. The topological polar surface area (TPSA) is 138 Å². The Morgan fingerprint density at radius 1 is 0.971 bits per heavy atom. The Balaban J connectivity index is 1.34. The van der Waals surface area contributed by atoms with Crippen molar-refractivity contribution in [2.75, 3.05) is 10.0 Å². The number of benzene rings is 2. The molecule has 0 radical (unpaired) electrons. The third-order valence-electron chi connectivity index (χ3n) is 5.31. The second-order valence-electron chi connectivity index (χ2n) is 7.70. The second kappa shape index (κ2) is 8.49. The molecule has 0 spiro atoms. The van der Waals surface area contributed by atoms with Crippen molar-refractivity contribution >= 4 is 43.8 Å². The summed E-state index contributed by atoms with van der Waals surface area (Å²) in [5.41, 5.74) is 9.33. The Kier molecular flexibility index (Phi) is 5.34. The van der Waals surface area contributed by atoms with Crippen molar-refractivity contribution in [2.45, 2.75) is 11.4 Å². The number of hydrogen-bond acceptors (Lipinski definition) is 6. The number of nitrogen functional groups attached to an aromatic ring is 1. The normalized spacial score (nSPS) is 11.5. The van der Waals surface area contributed by atoms with Crippen LogP contribution in [-0.4, -0.2) is 28.6 Å². The van der Waals surface area contributed by atoms with Crippen LogP contribution in [0.5, 0.6) is 0 Å². The van der Waals surface area contributed by atoms with E-state index in [4.69, 9.17) is 11.1 Å². The molecule has 3 heterocycles. The number of sulfonamides is 1. The molecule has 10 heteroatoms. The Morgan fingerprint density at radius 2 is 1.74 bits per heavy atom. The van der Waals surface area contributed by atoms with E-state index in [-0.39, 0.29) is 10.7 Å². The minimum absolute atomic E-state index is 0.0232. The van der Waals surface area contributed by atoms with Gasteiger partial charge >= 0.3 is 0 Å². The Bertz CT molecular complexity index is 1620. The Labute approximate surface area is 195 Å². The molecule has 5 N–H and O–H groups in total. The molecular formula is C24H21N7O2S. The first-order chi connectivity index (χ1) is 16.4. The van der Waals surface area contributed by atoms with Crippen LogP contribution < -0.4 is 15.8 Å². The summed E-state index contributed by atoms with van der Waals surface area (Å²) in [4.78, 5) is 8.93. The van der Waals surface area contributed by atoms with Crippen LogP contribution in [0, 0.1) is 5.41 Å². The molecule has 2 aromatic carbocycles. The van der Waals surface area contributed by atoms with Gasteiger partial charge in [0.05, 0.1) is 23.4 Å². The lowest BCUT2D eigenvalue weighted by molar-refractivity contribution is 0.602. The van der Waals surface area contributed by atoms with E-state index in [0.29, 0.717) is 29.0 Å². The highest BCUT2D eigenvalue weighted by atomic mass is 32.2. The van der Waals surface area contributed by atoms with Gasteiger partial charge in [-0.1, -0.05) is 18.2 Å². The zero-order valence-corrected chi connectivity index (χ0v) is 18.8. The number of nitrogens with one attached hydrogen (secondary N) is 3. The molecule has 34 heavy (non-hydrogen) atoms. The molecule has 5 rings (SSSR count). The SMILES string of the molecule is N=C(N)c1ccc(NCc2cn3cc(NS(=O)(=O)c4cccc5cccnc45)ccc3n2)cc1. The van der Waals surface area contributed by atoms with Gasteiger partial charge in [0.25, 0.3) is 10.0 Å². The number of fused-ring (bicyclic) bond motifs is 2. The first kappa shape index (κ1) is 21.4. The lowest BCUT2D eigenvalue weighted by atomic mass is 10.2. The molecule has 9 nitrogen and oxygen atoms in total. The lowest BCUT2D eigenvalue weighted by Crippen LogP contribution is -2.14. The lowest BCUT2D eigenvalue weighted by Gasteiger charge is -2.10. The number of hydrogen-bond donors (Lipinski definition) is 4. The van der Waals surface area contributed by atoms with Gasteiger partial charge in [-0.2, -0.15) is 0 Å². The summed E-state index contributed by atoms with van der Waals surface area (Å²) in [6.07, 6.45) is 5.10. The minimum Gasteiger partial charge on any atom is -0.384 e. The fourth-order valence-corrected chi connectivity index (χ4v) is 4.88. The number of anilines is 2. The number of nitrogens with two attached hydrogens (primary N) is 1. The van der Waals surface area contributed by atoms with Crippen molar-refractivity contribution in [3.63, 3.8) is 0 Å². The number of imidazole rings is 1. The van der Waals surface area contributed by atoms with Crippen LogP contribution in [0.4, 0.5) is 11.4 Å². The molecule has 3 aromatic heterocycles. The average Bonchev–Trinajstić information content (AvgIpc) is 3.24. The monoisotopic (exact) mass is 471 g/mol.